The molecule has 2 heterocycles. The van der Waals surface area contributed by atoms with Gasteiger partial charge in [-0.15, -0.1) is 0 Å². The summed E-state index contributed by atoms with van der Waals surface area (Å²) in [6, 6.07) is 11.5. The highest BCUT2D eigenvalue weighted by Gasteiger charge is 2.23. The molecule has 0 fully saturated rings. The Hall–Kier alpha value is -1.72. The Bertz CT molecular complexity index is 684. The standard InChI is InChI=1S/C15H16N2O2S/c1-9-7-8-13(18-9)14(10(2)16)20-15-17-11-5-3-4-6-12(11)19-15/h3-8,10,14H,16H2,1-2H3. The van der Waals surface area contributed by atoms with Crippen molar-refractivity contribution >= 4 is 22.9 Å². The van der Waals surface area contributed by atoms with Crippen LogP contribution in [0, 0.1) is 6.92 Å². The fraction of sp³-hybridized carbons (Fsp3) is 0.267. The molecular weight excluding hydrogens is 272 g/mol. The third kappa shape index (κ3) is 2.59. The molecule has 2 unspecified atom stereocenters. The number of thioether (sulfide) groups is 1. The molecule has 0 spiro atoms. The molecule has 1 aromatic carbocycles. The van der Waals surface area contributed by atoms with Crippen molar-refractivity contribution in [2.45, 2.75) is 30.4 Å². The van der Waals surface area contributed by atoms with Crippen LogP contribution in [-0.2, 0) is 0 Å². The molecule has 4 nitrogen and oxygen atoms in total. The molecule has 0 aliphatic heterocycles. The van der Waals surface area contributed by atoms with Gasteiger partial charge in [-0.2, -0.15) is 0 Å². The Morgan fingerprint density at radius 3 is 2.60 bits per heavy atom. The predicted octanol–water partition coefficient (Wildman–Crippen LogP) is 3.91. The molecule has 0 saturated carbocycles. The van der Waals surface area contributed by atoms with E-state index in [0.29, 0.717) is 5.22 Å². The van der Waals surface area contributed by atoms with Gasteiger partial charge in [0.1, 0.15) is 17.0 Å². The normalized spacial score (nSPS) is 14.6. The van der Waals surface area contributed by atoms with Crippen LogP contribution in [0.25, 0.3) is 11.1 Å². The van der Waals surface area contributed by atoms with Crippen LogP contribution in [0.4, 0.5) is 0 Å². The summed E-state index contributed by atoms with van der Waals surface area (Å²) in [5, 5.41) is 0.597. The zero-order valence-electron chi connectivity index (χ0n) is 11.4. The Balaban J connectivity index is 1.89. The van der Waals surface area contributed by atoms with E-state index in [1.54, 1.807) is 0 Å². The number of oxazole rings is 1. The zero-order valence-corrected chi connectivity index (χ0v) is 12.2. The molecule has 0 radical (unpaired) electrons. The number of furan rings is 1. The molecule has 2 N–H and O–H groups in total. The fourth-order valence-corrected chi connectivity index (χ4v) is 3.00. The van der Waals surface area contributed by atoms with Crippen LogP contribution in [0.5, 0.6) is 0 Å². The van der Waals surface area contributed by atoms with Gasteiger partial charge in [-0.05, 0) is 38.1 Å². The molecular formula is C15H16N2O2S. The maximum Gasteiger partial charge on any atom is 0.257 e. The number of aryl methyl sites for hydroxylation is 1. The lowest BCUT2D eigenvalue weighted by molar-refractivity contribution is 0.456. The van der Waals surface area contributed by atoms with Crippen LogP contribution < -0.4 is 5.73 Å². The Morgan fingerprint density at radius 2 is 1.95 bits per heavy atom. The first-order valence-electron chi connectivity index (χ1n) is 6.47. The SMILES string of the molecule is Cc1ccc(C(Sc2nc3ccccc3o2)C(C)N)o1. The number of aromatic nitrogens is 1. The fourth-order valence-electron chi connectivity index (χ4n) is 2.04. The van der Waals surface area contributed by atoms with E-state index >= 15 is 0 Å². The van der Waals surface area contributed by atoms with Gasteiger partial charge in [0.05, 0.1) is 5.25 Å². The van der Waals surface area contributed by atoms with Gasteiger partial charge in [-0.3, -0.25) is 0 Å². The lowest BCUT2D eigenvalue weighted by atomic mass is 10.2. The Morgan fingerprint density at radius 1 is 1.15 bits per heavy atom. The van der Waals surface area contributed by atoms with Gasteiger partial charge in [-0.25, -0.2) is 4.98 Å². The first kappa shape index (κ1) is 13.3. The second kappa shape index (κ2) is 5.34. The van der Waals surface area contributed by atoms with Crippen molar-refractivity contribution in [3.8, 4) is 0 Å². The molecule has 5 heteroatoms. The first-order chi connectivity index (χ1) is 9.63. The number of hydrogen-bond acceptors (Lipinski definition) is 5. The largest absolute Gasteiger partial charge is 0.465 e. The average Bonchev–Trinajstić information content (AvgIpc) is 3.01. The van der Waals surface area contributed by atoms with Crippen molar-refractivity contribution in [1.29, 1.82) is 0 Å². The van der Waals surface area contributed by atoms with Crippen LogP contribution in [0.1, 0.15) is 23.7 Å². The maximum atomic E-state index is 6.07. The average molecular weight is 288 g/mol. The highest BCUT2D eigenvalue weighted by Crippen LogP contribution is 2.38. The molecule has 3 rings (SSSR count). The molecule has 2 aromatic heterocycles. The summed E-state index contributed by atoms with van der Waals surface area (Å²) in [7, 11) is 0. The minimum Gasteiger partial charge on any atom is -0.465 e. The summed E-state index contributed by atoms with van der Waals surface area (Å²) in [5.74, 6) is 1.73. The summed E-state index contributed by atoms with van der Waals surface area (Å²) >= 11 is 1.49. The van der Waals surface area contributed by atoms with Gasteiger partial charge in [0.25, 0.3) is 5.22 Å². The zero-order chi connectivity index (χ0) is 14.1. The smallest absolute Gasteiger partial charge is 0.257 e. The highest BCUT2D eigenvalue weighted by atomic mass is 32.2. The second-order valence-electron chi connectivity index (χ2n) is 4.79. The van der Waals surface area contributed by atoms with E-state index in [1.807, 2.05) is 50.2 Å². The van der Waals surface area contributed by atoms with Gasteiger partial charge in [0.15, 0.2) is 5.58 Å². The lowest BCUT2D eigenvalue weighted by Gasteiger charge is -2.15. The van der Waals surface area contributed by atoms with E-state index < -0.39 is 0 Å². The van der Waals surface area contributed by atoms with Gasteiger partial charge in [0, 0.05) is 6.04 Å². The van der Waals surface area contributed by atoms with Crippen LogP contribution >= 0.6 is 11.8 Å². The number of nitrogens with zero attached hydrogens (tertiary/aromatic N) is 1. The summed E-state index contributed by atoms with van der Waals surface area (Å²) in [6.07, 6.45) is 0. The lowest BCUT2D eigenvalue weighted by Crippen LogP contribution is -2.22. The van der Waals surface area contributed by atoms with Gasteiger partial charge in [-0.1, -0.05) is 23.9 Å². The van der Waals surface area contributed by atoms with Crippen LogP contribution in [-0.4, -0.2) is 11.0 Å². The molecule has 0 saturated heterocycles. The number of hydrogen-bond donors (Lipinski definition) is 1. The molecule has 0 amide bonds. The molecule has 2 atom stereocenters. The molecule has 20 heavy (non-hydrogen) atoms. The van der Waals surface area contributed by atoms with E-state index in [4.69, 9.17) is 14.6 Å². The molecule has 3 aromatic rings. The third-order valence-corrected chi connectivity index (χ3v) is 4.31. The van der Waals surface area contributed by atoms with Gasteiger partial charge in [0.2, 0.25) is 0 Å². The topological polar surface area (TPSA) is 65.2 Å². The van der Waals surface area contributed by atoms with E-state index in [1.165, 1.54) is 11.8 Å². The first-order valence-corrected chi connectivity index (χ1v) is 7.35. The van der Waals surface area contributed by atoms with Crippen LogP contribution in [0.15, 0.2) is 50.5 Å². The number of nitrogens with two attached hydrogens (primary N) is 1. The molecule has 0 bridgehead atoms. The highest BCUT2D eigenvalue weighted by molar-refractivity contribution is 7.99. The quantitative estimate of drug-likeness (QED) is 0.737. The van der Waals surface area contributed by atoms with E-state index in [2.05, 4.69) is 4.98 Å². The summed E-state index contributed by atoms with van der Waals surface area (Å²) < 4.78 is 11.4. The van der Waals surface area contributed by atoms with Crippen molar-refractivity contribution in [2.75, 3.05) is 0 Å². The second-order valence-corrected chi connectivity index (χ2v) is 5.89. The van der Waals surface area contributed by atoms with Crippen molar-refractivity contribution in [3.63, 3.8) is 0 Å². The number of benzene rings is 1. The number of para-hydroxylation sites is 2. The van der Waals surface area contributed by atoms with E-state index in [-0.39, 0.29) is 11.3 Å². The third-order valence-electron chi connectivity index (χ3n) is 3.02. The molecule has 0 aliphatic rings. The van der Waals surface area contributed by atoms with Crippen LogP contribution in [0.3, 0.4) is 0 Å². The Labute approximate surface area is 121 Å². The monoisotopic (exact) mass is 288 g/mol. The van der Waals surface area contributed by atoms with E-state index in [9.17, 15) is 0 Å². The minimum atomic E-state index is -0.0689. The van der Waals surface area contributed by atoms with Crippen LogP contribution in [0.2, 0.25) is 0 Å². The van der Waals surface area contributed by atoms with Crippen molar-refractivity contribution < 1.29 is 8.83 Å². The van der Waals surface area contributed by atoms with Crippen molar-refractivity contribution in [2.24, 2.45) is 5.73 Å². The van der Waals surface area contributed by atoms with Crippen molar-refractivity contribution in [1.82, 2.24) is 4.98 Å². The van der Waals surface area contributed by atoms with Gasteiger partial charge < -0.3 is 14.6 Å². The number of fused-ring (bicyclic) bond motifs is 1. The predicted molar refractivity (Wildman–Crippen MR) is 79.7 cm³/mol. The number of rotatable bonds is 4. The Kier molecular flexibility index (Phi) is 3.54. The van der Waals surface area contributed by atoms with Crippen molar-refractivity contribution in [3.05, 3.63) is 47.9 Å². The molecule has 0 aliphatic carbocycles. The maximum absolute atomic E-state index is 6.07. The summed E-state index contributed by atoms with van der Waals surface area (Å²) in [5.41, 5.74) is 7.71. The molecule has 104 valence electrons. The summed E-state index contributed by atoms with van der Waals surface area (Å²) in [4.78, 5) is 4.47. The van der Waals surface area contributed by atoms with Gasteiger partial charge >= 0.3 is 0 Å². The van der Waals surface area contributed by atoms with E-state index in [0.717, 1.165) is 22.6 Å². The minimum absolute atomic E-state index is 0.0169. The summed E-state index contributed by atoms with van der Waals surface area (Å²) in [6.45, 7) is 3.88.